The molecule has 3 aromatic rings. The third-order valence-electron chi connectivity index (χ3n) is 2.57. The highest BCUT2D eigenvalue weighted by Gasteiger charge is 2.02. The van der Waals surface area contributed by atoms with Crippen molar-refractivity contribution in [2.75, 3.05) is 5.32 Å². The van der Waals surface area contributed by atoms with E-state index in [-0.39, 0.29) is 5.91 Å². The molecule has 0 radical (unpaired) electrons. The van der Waals surface area contributed by atoms with Crippen molar-refractivity contribution in [1.29, 1.82) is 0 Å². The fraction of sp³-hybridized carbons (Fsp3) is 0. The minimum atomic E-state index is -0.238. The zero-order valence-electron chi connectivity index (χ0n) is 10.2. The number of hydrogen-bond acceptors (Lipinski definition) is 4. The summed E-state index contributed by atoms with van der Waals surface area (Å²) in [6, 6.07) is 3.26. The Bertz CT molecular complexity index is 792. The molecule has 3 heterocycles. The molecule has 0 saturated carbocycles. The molecule has 0 bridgehead atoms. The van der Waals surface area contributed by atoms with Crippen molar-refractivity contribution in [1.82, 2.24) is 14.4 Å². The average molecular weight is 305 g/mol. The molecule has 0 atom stereocenters. The molecule has 3 aromatic heterocycles. The van der Waals surface area contributed by atoms with Crippen LogP contribution in [0.25, 0.3) is 11.0 Å². The Balaban J connectivity index is 1.73. The predicted octanol–water partition coefficient (Wildman–Crippen LogP) is 3.10. The first kappa shape index (κ1) is 12.8. The number of rotatable bonds is 3. The van der Waals surface area contributed by atoms with Crippen molar-refractivity contribution >= 4 is 45.6 Å². The van der Waals surface area contributed by atoms with E-state index in [2.05, 4.69) is 15.3 Å². The van der Waals surface area contributed by atoms with Crippen molar-refractivity contribution in [3.8, 4) is 0 Å². The van der Waals surface area contributed by atoms with Gasteiger partial charge in [0.25, 0.3) is 0 Å². The summed E-state index contributed by atoms with van der Waals surface area (Å²) >= 11 is 7.29. The van der Waals surface area contributed by atoms with Crippen LogP contribution in [0.2, 0.25) is 5.15 Å². The second-order valence-corrected chi connectivity index (χ2v) is 5.19. The fourth-order valence-corrected chi connectivity index (χ4v) is 2.57. The minimum Gasteiger partial charge on any atom is -0.322 e. The summed E-state index contributed by atoms with van der Waals surface area (Å²) < 4.78 is 1.91. The summed E-state index contributed by atoms with van der Waals surface area (Å²) in [5.41, 5.74) is 1.46. The van der Waals surface area contributed by atoms with E-state index in [4.69, 9.17) is 11.6 Å². The number of hydrogen-bond donors (Lipinski definition) is 1. The molecule has 0 aliphatic heterocycles. The van der Waals surface area contributed by atoms with E-state index in [1.807, 2.05) is 16.0 Å². The molecule has 0 aliphatic rings. The van der Waals surface area contributed by atoms with Gasteiger partial charge < -0.3 is 5.32 Å². The highest BCUT2D eigenvalue weighted by atomic mass is 35.5. The number of carbonyl (C=O) groups is 1. The number of imidazole rings is 1. The normalized spacial score (nSPS) is 11.2. The third-order valence-corrected chi connectivity index (χ3v) is 3.55. The fourth-order valence-electron chi connectivity index (χ4n) is 1.69. The Hall–Kier alpha value is -2.18. The number of nitrogens with zero attached hydrogens (tertiary/aromatic N) is 3. The number of nitrogens with one attached hydrogen (secondary N) is 1. The van der Waals surface area contributed by atoms with Gasteiger partial charge in [0.05, 0.1) is 11.9 Å². The molecule has 100 valence electrons. The topological polar surface area (TPSA) is 59.3 Å². The Labute approximate surface area is 123 Å². The van der Waals surface area contributed by atoms with Crippen LogP contribution in [0.4, 0.5) is 5.69 Å². The van der Waals surface area contributed by atoms with E-state index >= 15 is 0 Å². The molecule has 0 spiro atoms. The van der Waals surface area contributed by atoms with Gasteiger partial charge in [0, 0.05) is 29.5 Å². The highest BCUT2D eigenvalue weighted by molar-refractivity contribution is 7.15. The second-order valence-electron chi connectivity index (χ2n) is 3.93. The molecule has 5 nitrogen and oxygen atoms in total. The van der Waals surface area contributed by atoms with E-state index in [0.29, 0.717) is 10.8 Å². The Morgan fingerprint density at radius 3 is 3.20 bits per heavy atom. The Morgan fingerprint density at radius 1 is 1.45 bits per heavy atom. The van der Waals surface area contributed by atoms with E-state index in [9.17, 15) is 4.79 Å². The largest absolute Gasteiger partial charge is 0.322 e. The number of aromatic nitrogens is 3. The summed E-state index contributed by atoms with van der Waals surface area (Å²) in [6.45, 7) is 0. The van der Waals surface area contributed by atoms with Crippen molar-refractivity contribution < 1.29 is 4.79 Å². The maximum Gasteiger partial charge on any atom is 0.248 e. The van der Waals surface area contributed by atoms with Crippen LogP contribution in [0.3, 0.4) is 0 Å². The van der Waals surface area contributed by atoms with Gasteiger partial charge in [-0.15, -0.1) is 11.3 Å². The summed E-state index contributed by atoms with van der Waals surface area (Å²) in [6.07, 6.45) is 8.33. The zero-order valence-corrected chi connectivity index (χ0v) is 11.7. The van der Waals surface area contributed by atoms with Crippen LogP contribution in [0, 0.1) is 0 Å². The van der Waals surface area contributed by atoms with Gasteiger partial charge in [-0.2, -0.15) is 0 Å². The van der Waals surface area contributed by atoms with Gasteiger partial charge in [0.2, 0.25) is 5.91 Å². The zero-order chi connectivity index (χ0) is 13.9. The van der Waals surface area contributed by atoms with Crippen LogP contribution < -0.4 is 5.32 Å². The molecule has 3 rings (SSSR count). The first-order chi connectivity index (χ1) is 9.72. The maximum absolute atomic E-state index is 11.8. The number of pyridine rings is 1. The molecule has 0 unspecified atom stereocenters. The Morgan fingerprint density at radius 2 is 2.35 bits per heavy atom. The molecule has 0 aromatic carbocycles. The van der Waals surface area contributed by atoms with E-state index in [1.165, 1.54) is 12.3 Å². The van der Waals surface area contributed by atoms with E-state index in [0.717, 1.165) is 10.7 Å². The van der Waals surface area contributed by atoms with Crippen molar-refractivity contribution in [2.24, 2.45) is 0 Å². The van der Waals surface area contributed by atoms with Gasteiger partial charge in [-0.3, -0.25) is 9.20 Å². The van der Waals surface area contributed by atoms with Crippen LogP contribution in [-0.4, -0.2) is 20.3 Å². The summed E-state index contributed by atoms with van der Waals surface area (Å²) in [5.74, 6) is -0.238. The van der Waals surface area contributed by atoms with Gasteiger partial charge in [-0.1, -0.05) is 11.6 Å². The van der Waals surface area contributed by atoms with Gasteiger partial charge >= 0.3 is 0 Å². The van der Waals surface area contributed by atoms with E-state index < -0.39 is 0 Å². The Kier molecular flexibility index (Phi) is 3.49. The van der Waals surface area contributed by atoms with Crippen LogP contribution in [-0.2, 0) is 4.79 Å². The average Bonchev–Trinajstić information content (AvgIpc) is 2.99. The summed E-state index contributed by atoms with van der Waals surface area (Å²) in [7, 11) is 0. The van der Waals surface area contributed by atoms with Gasteiger partial charge in [-0.05, 0) is 18.2 Å². The molecule has 20 heavy (non-hydrogen) atoms. The number of halogens is 1. The lowest BCUT2D eigenvalue weighted by Gasteiger charge is -2.01. The molecular formula is C13H9ClN4OS. The monoisotopic (exact) mass is 304 g/mol. The number of amides is 1. The first-order valence-electron chi connectivity index (χ1n) is 5.73. The number of fused-ring (bicyclic) bond motifs is 1. The lowest BCUT2D eigenvalue weighted by atomic mass is 10.3. The van der Waals surface area contributed by atoms with Crippen molar-refractivity contribution in [2.45, 2.75) is 0 Å². The molecule has 0 fully saturated rings. The quantitative estimate of drug-likeness (QED) is 0.597. The molecule has 7 heteroatoms. The van der Waals surface area contributed by atoms with Gasteiger partial charge in [-0.25, -0.2) is 9.97 Å². The van der Waals surface area contributed by atoms with Crippen LogP contribution in [0.5, 0.6) is 0 Å². The number of anilines is 1. The third kappa shape index (κ3) is 2.71. The lowest BCUT2D eigenvalue weighted by molar-refractivity contribution is -0.111. The van der Waals surface area contributed by atoms with Crippen molar-refractivity contribution in [3.05, 3.63) is 53.0 Å². The predicted molar refractivity (Wildman–Crippen MR) is 80.0 cm³/mol. The molecule has 0 saturated heterocycles. The molecule has 0 aliphatic carbocycles. The molecular weight excluding hydrogens is 296 g/mol. The highest BCUT2D eigenvalue weighted by Crippen LogP contribution is 2.14. The minimum absolute atomic E-state index is 0.238. The summed E-state index contributed by atoms with van der Waals surface area (Å²) in [5, 5.41) is 4.99. The maximum atomic E-state index is 11.8. The van der Waals surface area contributed by atoms with Gasteiger partial charge in [0.1, 0.15) is 5.15 Å². The standard InChI is InChI=1S/C13H9ClN4OS/c14-11-7-9(3-4-15-11)17-12(19)2-1-10-8-16-13-18(10)5-6-20-13/h1-8H,(H,15,17,19)/b2-1+. The first-order valence-corrected chi connectivity index (χ1v) is 6.99. The molecule has 1 amide bonds. The van der Waals surface area contributed by atoms with Crippen LogP contribution >= 0.6 is 22.9 Å². The number of carbonyl (C=O) groups excluding carboxylic acids is 1. The van der Waals surface area contributed by atoms with E-state index in [1.54, 1.807) is 35.7 Å². The SMILES string of the molecule is O=C(/C=C/c1cnc2sccn12)Nc1ccnc(Cl)c1. The van der Waals surface area contributed by atoms with Crippen molar-refractivity contribution in [3.63, 3.8) is 0 Å². The number of thiazole rings is 1. The smallest absolute Gasteiger partial charge is 0.248 e. The second kappa shape index (κ2) is 5.44. The lowest BCUT2D eigenvalue weighted by Crippen LogP contribution is -2.07. The summed E-state index contributed by atoms with van der Waals surface area (Å²) in [4.78, 5) is 20.8. The molecule has 1 N–H and O–H groups in total. The van der Waals surface area contributed by atoms with Crippen LogP contribution in [0.1, 0.15) is 5.69 Å². The van der Waals surface area contributed by atoms with Gasteiger partial charge in [0.15, 0.2) is 4.96 Å². The van der Waals surface area contributed by atoms with Crippen LogP contribution in [0.15, 0.2) is 42.2 Å².